The van der Waals surface area contributed by atoms with Gasteiger partial charge in [0.1, 0.15) is 10.7 Å². The van der Waals surface area contributed by atoms with Crippen molar-refractivity contribution in [1.82, 2.24) is 15.2 Å². The van der Waals surface area contributed by atoms with Crippen LogP contribution in [-0.4, -0.2) is 34.9 Å². The van der Waals surface area contributed by atoms with Crippen molar-refractivity contribution in [2.45, 2.75) is 53.0 Å². The van der Waals surface area contributed by atoms with E-state index in [0.29, 0.717) is 25.3 Å². The van der Waals surface area contributed by atoms with Gasteiger partial charge in [0.15, 0.2) is 0 Å². The largest absolute Gasteiger partial charge is 0.351 e. The summed E-state index contributed by atoms with van der Waals surface area (Å²) >= 11 is 1.41. The summed E-state index contributed by atoms with van der Waals surface area (Å²) < 4.78 is 0. The van der Waals surface area contributed by atoms with E-state index in [9.17, 15) is 9.59 Å². The number of benzene rings is 1. The van der Waals surface area contributed by atoms with Gasteiger partial charge in [0, 0.05) is 24.2 Å². The van der Waals surface area contributed by atoms with Crippen molar-refractivity contribution in [3.63, 3.8) is 0 Å². The Kier molecular flexibility index (Phi) is 8.94. The minimum Gasteiger partial charge on any atom is -0.351 e. The first-order valence-corrected chi connectivity index (χ1v) is 10.8. The van der Waals surface area contributed by atoms with Crippen molar-refractivity contribution in [2.24, 2.45) is 0 Å². The number of thiazole rings is 1. The number of anilines is 1. The van der Waals surface area contributed by atoms with Crippen LogP contribution >= 0.6 is 11.3 Å². The first kappa shape index (κ1) is 21.9. The van der Waals surface area contributed by atoms with Gasteiger partial charge in [-0.2, -0.15) is 0 Å². The molecule has 0 unspecified atom stereocenters. The molecular formula is C21H30N4O2S. The van der Waals surface area contributed by atoms with E-state index in [4.69, 9.17) is 0 Å². The van der Waals surface area contributed by atoms with Gasteiger partial charge >= 0.3 is 6.03 Å². The van der Waals surface area contributed by atoms with E-state index in [1.54, 1.807) is 10.3 Å². The third-order valence-electron chi connectivity index (χ3n) is 4.26. The van der Waals surface area contributed by atoms with Crippen LogP contribution in [-0.2, 0) is 6.54 Å². The predicted molar refractivity (Wildman–Crippen MR) is 115 cm³/mol. The number of rotatable bonds is 10. The Morgan fingerprint density at radius 1 is 1.18 bits per heavy atom. The van der Waals surface area contributed by atoms with Gasteiger partial charge in [-0.05, 0) is 37.5 Å². The van der Waals surface area contributed by atoms with Crippen LogP contribution in [0.4, 0.5) is 10.5 Å². The van der Waals surface area contributed by atoms with Crippen LogP contribution in [0.15, 0.2) is 29.6 Å². The lowest BCUT2D eigenvalue weighted by molar-refractivity contribution is 0.0948. The summed E-state index contributed by atoms with van der Waals surface area (Å²) in [5.41, 5.74) is 2.30. The molecule has 3 amide bonds. The maximum absolute atomic E-state index is 12.8. The van der Waals surface area contributed by atoms with Gasteiger partial charge in [0.2, 0.25) is 0 Å². The second-order valence-electron chi connectivity index (χ2n) is 6.81. The molecule has 0 aliphatic heterocycles. The molecule has 2 rings (SSSR count). The summed E-state index contributed by atoms with van der Waals surface area (Å²) in [5.74, 6) is -0.153. The van der Waals surface area contributed by atoms with Crippen molar-refractivity contribution in [3.05, 3.63) is 45.9 Å². The zero-order chi connectivity index (χ0) is 20.4. The fourth-order valence-electron chi connectivity index (χ4n) is 2.65. The summed E-state index contributed by atoms with van der Waals surface area (Å²) in [5, 5.41) is 8.35. The average Bonchev–Trinajstić information content (AvgIpc) is 3.14. The van der Waals surface area contributed by atoms with Crippen LogP contribution < -0.4 is 10.6 Å². The van der Waals surface area contributed by atoms with Crippen molar-refractivity contribution in [1.29, 1.82) is 0 Å². The molecule has 0 saturated heterocycles. The Morgan fingerprint density at radius 3 is 2.68 bits per heavy atom. The Balaban J connectivity index is 2.01. The van der Waals surface area contributed by atoms with E-state index in [0.717, 1.165) is 41.9 Å². The first-order chi connectivity index (χ1) is 13.5. The first-order valence-electron chi connectivity index (χ1n) is 9.88. The van der Waals surface area contributed by atoms with Crippen LogP contribution in [0.25, 0.3) is 0 Å². The van der Waals surface area contributed by atoms with Crippen molar-refractivity contribution in [2.75, 3.05) is 18.4 Å². The van der Waals surface area contributed by atoms with Gasteiger partial charge in [-0.15, -0.1) is 11.3 Å². The van der Waals surface area contributed by atoms with Gasteiger partial charge < -0.3 is 15.5 Å². The standard InChI is InChI=1S/C21H30N4O2S/c1-4-6-11-22-20(26)18-15-28-19(24-18)14-25(12-7-5-2)21(27)23-17-10-8-9-16(3)13-17/h8-10,13,15H,4-7,11-12,14H2,1-3H3,(H,22,26)(H,23,27). The quantitative estimate of drug-likeness (QED) is 0.560. The Morgan fingerprint density at radius 2 is 1.96 bits per heavy atom. The van der Waals surface area contributed by atoms with Crippen LogP contribution in [0.2, 0.25) is 0 Å². The van der Waals surface area contributed by atoms with Gasteiger partial charge in [0.05, 0.1) is 6.54 Å². The zero-order valence-corrected chi connectivity index (χ0v) is 17.8. The van der Waals surface area contributed by atoms with Gasteiger partial charge in [0.25, 0.3) is 5.91 Å². The molecule has 0 fully saturated rings. The number of amides is 3. The van der Waals surface area contributed by atoms with E-state index in [1.807, 2.05) is 31.2 Å². The van der Waals surface area contributed by atoms with Crippen LogP contribution in [0.1, 0.15) is 60.6 Å². The second-order valence-corrected chi connectivity index (χ2v) is 7.75. The maximum Gasteiger partial charge on any atom is 0.322 e. The summed E-state index contributed by atoms with van der Waals surface area (Å²) in [6.45, 7) is 7.87. The van der Waals surface area contributed by atoms with Crippen LogP contribution in [0.3, 0.4) is 0 Å². The highest BCUT2D eigenvalue weighted by Crippen LogP contribution is 2.16. The van der Waals surface area contributed by atoms with Crippen molar-refractivity contribution < 1.29 is 9.59 Å². The number of nitrogens with one attached hydrogen (secondary N) is 2. The van der Waals surface area contributed by atoms with Crippen molar-refractivity contribution in [3.8, 4) is 0 Å². The molecule has 0 bridgehead atoms. The molecule has 28 heavy (non-hydrogen) atoms. The number of urea groups is 1. The SMILES string of the molecule is CCCCNC(=O)c1csc(CN(CCCC)C(=O)Nc2cccc(C)c2)n1. The Bertz CT molecular complexity index is 775. The molecule has 1 heterocycles. The second kappa shape index (κ2) is 11.4. The molecule has 6 nitrogen and oxygen atoms in total. The molecule has 2 N–H and O–H groups in total. The summed E-state index contributed by atoms with van der Waals surface area (Å²) in [6, 6.07) is 7.59. The molecule has 0 aliphatic carbocycles. The van der Waals surface area contributed by atoms with Crippen molar-refractivity contribution >= 4 is 29.0 Å². The predicted octanol–water partition coefficient (Wildman–Crippen LogP) is 4.82. The van der Waals surface area contributed by atoms with Crippen LogP contribution in [0.5, 0.6) is 0 Å². The van der Waals surface area contributed by atoms with Gasteiger partial charge in [-0.25, -0.2) is 9.78 Å². The number of hydrogen-bond donors (Lipinski definition) is 2. The van der Waals surface area contributed by atoms with E-state index < -0.39 is 0 Å². The van der Waals surface area contributed by atoms with Gasteiger partial charge in [-0.1, -0.05) is 38.8 Å². The molecule has 1 aromatic carbocycles. The maximum atomic E-state index is 12.8. The summed E-state index contributed by atoms with van der Waals surface area (Å²) in [6.07, 6.45) is 3.89. The van der Waals surface area contributed by atoms with E-state index in [2.05, 4.69) is 29.5 Å². The highest BCUT2D eigenvalue weighted by Gasteiger charge is 2.17. The van der Waals surface area contributed by atoms with Crippen LogP contribution in [0, 0.1) is 6.92 Å². The molecule has 152 valence electrons. The highest BCUT2D eigenvalue weighted by molar-refractivity contribution is 7.09. The fraction of sp³-hybridized carbons (Fsp3) is 0.476. The lowest BCUT2D eigenvalue weighted by atomic mass is 10.2. The molecule has 0 aliphatic rings. The number of hydrogen-bond acceptors (Lipinski definition) is 4. The molecule has 0 radical (unpaired) electrons. The fourth-order valence-corrected chi connectivity index (χ4v) is 3.44. The monoisotopic (exact) mass is 402 g/mol. The molecular weight excluding hydrogens is 372 g/mol. The average molecular weight is 403 g/mol. The Labute approximate surface area is 171 Å². The molecule has 0 spiro atoms. The normalized spacial score (nSPS) is 10.5. The van der Waals surface area contributed by atoms with E-state index >= 15 is 0 Å². The smallest absolute Gasteiger partial charge is 0.322 e. The van der Waals surface area contributed by atoms with E-state index in [1.165, 1.54) is 11.3 Å². The highest BCUT2D eigenvalue weighted by atomic mass is 32.1. The number of aromatic nitrogens is 1. The lowest BCUT2D eigenvalue weighted by Gasteiger charge is -2.22. The number of carbonyl (C=O) groups excluding carboxylic acids is 2. The number of unbranched alkanes of at least 4 members (excludes halogenated alkanes) is 2. The topological polar surface area (TPSA) is 74.3 Å². The van der Waals surface area contributed by atoms with Gasteiger partial charge in [-0.3, -0.25) is 4.79 Å². The third-order valence-corrected chi connectivity index (χ3v) is 5.10. The zero-order valence-electron chi connectivity index (χ0n) is 17.0. The molecule has 0 atom stereocenters. The van der Waals surface area contributed by atoms with E-state index in [-0.39, 0.29) is 11.9 Å². The molecule has 0 saturated carbocycles. The summed E-state index contributed by atoms with van der Waals surface area (Å²) in [7, 11) is 0. The number of carbonyl (C=O) groups is 2. The number of aryl methyl sites for hydroxylation is 1. The molecule has 1 aromatic heterocycles. The minimum absolute atomic E-state index is 0.150. The number of nitrogens with zero attached hydrogens (tertiary/aromatic N) is 2. The Hall–Kier alpha value is -2.41. The minimum atomic E-state index is -0.153. The molecule has 7 heteroatoms. The molecule has 2 aromatic rings. The lowest BCUT2D eigenvalue weighted by Crippen LogP contribution is -2.35. The third kappa shape index (κ3) is 6.96. The summed E-state index contributed by atoms with van der Waals surface area (Å²) in [4.78, 5) is 31.1.